The van der Waals surface area contributed by atoms with Gasteiger partial charge in [-0.15, -0.1) is 0 Å². The van der Waals surface area contributed by atoms with Crippen molar-refractivity contribution < 1.29 is 9.53 Å². The molecule has 3 N–H and O–H groups in total. The number of hydrogen-bond acceptors (Lipinski definition) is 3. The molecule has 0 aliphatic carbocycles. The van der Waals surface area contributed by atoms with E-state index >= 15 is 0 Å². The van der Waals surface area contributed by atoms with E-state index in [0.717, 1.165) is 0 Å². The Morgan fingerprint density at radius 1 is 1.60 bits per heavy atom. The zero-order valence-corrected chi connectivity index (χ0v) is 9.19. The summed E-state index contributed by atoms with van der Waals surface area (Å²) in [6.45, 7) is 5.82. The number of rotatable bonds is 1. The second kappa shape index (κ2) is 4.86. The Bertz CT molecular complexity index is 256. The molecule has 6 heteroatoms. The van der Waals surface area contributed by atoms with E-state index < -0.39 is 0 Å². The maximum atomic E-state index is 11.4. The van der Waals surface area contributed by atoms with Crippen LogP contribution in [-0.4, -0.2) is 54.1 Å². The van der Waals surface area contributed by atoms with E-state index in [9.17, 15) is 4.79 Å². The van der Waals surface area contributed by atoms with Crippen LogP contribution >= 0.6 is 0 Å². The molecular formula is C9H18N4O2. The molecule has 1 heterocycles. The van der Waals surface area contributed by atoms with Crippen LogP contribution in [0.4, 0.5) is 4.79 Å². The number of nitrogens with one attached hydrogen (secondary N) is 1. The van der Waals surface area contributed by atoms with E-state index in [1.54, 1.807) is 16.7 Å². The largest absolute Gasteiger partial charge is 0.450 e. The van der Waals surface area contributed by atoms with E-state index in [1.807, 2.05) is 6.92 Å². The first-order valence-corrected chi connectivity index (χ1v) is 5.08. The number of hydrogen-bond donors (Lipinski definition) is 2. The highest BCUT2D eigenvalue weighted by atomic mass is 16.6. The van der Waals surface area contributed by atoms with Crippen molar-refractivity contribution in [1.82, 2.24) is 9.80 Å². The molecule has 1 aliphatic rings. The Labute approximate surface area is 89.5 Å². The van der Waals surface area contributed by atoms with E-state index in [1.165, 1.54) is 0 Å². The third kappa shape index (κ3) is 2.74. The molecule has 1 fully saturated rings. The van der Waals surface area contributed by atoms with Crippen molar-refractivity contribution in [3.05, 3.63) is 0 Å². The highest BCUT2D eigenvalue weighted by molar-refractivity contribution is 5.75. The minimum absolute atomic E-state index is 0.0611. The smallest absolute Gasteiger partial charge is 0.409 e. The summed E-state index contributed by atoms with van der Waals surface area (Å²) >= 11 is 0. The zero-order valence-electron chi connectivity index (χ0n) is 9.19. The maximum absolute atomic E-state index is 11.4. The molecule has 1 saturated heterocycles. The van der Waals surface area contributed by atoms with E-state index in [2.05, 4.69) is 0 Å². The van der Waals surface area contributed by atoms with Gasteiger partial charge in [-0.05, 0) is 13.8 Å². The fraction of sp³-hybridized carbons (Fsp3) is 0.778. The summed E-state index contributed by atoms with van der Waals surface area (Å²) in [5, 5.41) is 7.34. The van der Waals surface area contributed by atoms with Gasteiger partial charge in [-0.3, -0.25) is 5.41 Å². The summed E-state index contributed by atoms with van der Waals surface area (Å²) < 4.78 is 4.91. The molecule has 15 heavy (non-hydrogen) atoms. The van der Waals surface area contributed by atoms with Gasteiger partial charge >= 0.3 is 6.09 Å². The Kier molecular flexibility index (Phi) is 3.76. The first kappa shape index (κ1) is 11.6. The molecule has 1 amide bonds. The van der Waals surface area contributed by atoms with Crippen molar-refractivity contribution in [2.24, 2.45) is 5.73 Å². The van der Waals surface area contributed by atoms with Gasteiger partial charge in [0.25, 0.3) is 0 Å². The van der Waals surface area contributed by atoms with Gasteiger partial charge in [0.1, 0.15) is 0 Å². The lowest BCUT2D eigenvalue weighted by atomic mass is 10.2. The maximum Gasteiger partial charge on any atom is 0.409 e. The molecule has 1 rings (SSSR count). The van der Waals surface area contributed by atoms with Crippen molar-refractivity contribution in [2.75, 3.05) is 26.2 Å². The van der Waals surface area contributed by atoms with Crippen LogP contribution in [0.5, 0.6) is 0 Å². The fourth-order valence-electron chi connectivity index (χ4n) is 1.70. The van der Waals surface area contributed by atoms with Gasteiger partial charge in [0.2, 0.25) is 0 Å². The molecule has 1 atom stereocenters. The molecule has 0 spiro atoms. The topological polar surface area (TPSA) is 82.7 Å². The number of piperazine rings is 1. The van der Waals surface area contributed by atoms with Crippen LogP contribution < -0.4 is 5.73 Å². The Balaban J connectivity index is 2.50. The van der Waals surface area contributed by atoms with Crippen LogP contribution in [0, 0.1) is 5.41 Å². The number of amides is 1. The second-order valence-corrected chi connectivity index (χ2v) is 3.57. The van der Waals surface area contributed by atoms with Crippen molar-refractivity contribution in [3.8, 4) is 0 Å². The summed E-state index contributed by atoms with van der Waals surface area (Å²) in [4.78, 5) is 14.8. The predicted octanol–water partition coefficient (Wildman–Crippen LogP) is 0.0425. The minimum Gasteiger partial charge on any atom is -0.450 e. The van der Waals surface area contributed by atoms with Gasteiger partial charge in [0.05, 0.1) is 6.61 Å². The Morgan fingerprint density at radius 2 is 2.27 bits per heavy atom. The van der Waals surface area contributed by atoms with Crippen LogP contribution in [0.1, 0.15) is 13.8 Å². The molecule has 0 saturated carbocycles. The molecule has 6 nitrogen and oxygen atoms in total. The number of carbonyl (C=O) groups is 1. The molecule has 0 bridgehead atoms. The number of ether oxygens (including phenoxy) is 1. The van der Waals surface area contributed by atoms with Gasteiger partial charge in [-0.25, -0.2) is 4.79 Å². The molecule has 0 aromatic rings. The fourth-order valence-corrected chi connectivity index (χ4v) is 1.70. The number of guanidine groups is 1. The van der Waals surface area contributed by atoms with Crippen molar-refractivity contribution in [2.45, 2.75) is 19.9 Å². The summed E-state index contributed by atoms with van der Waals surface area (Å²) in [6, 6.07) is 0.0701. The quantitative estimate of drug-likeness (QED) is 0.477. The monoisotopic (exact) mass is 214 g/mol. The van der Waals surface area contributed by atoms with Crippen molar-refractivity contribution >= 4 is 12.1 Å². The normalized spacial score (nSPS) is 21.3. The lowest BCUT2D eigenvalue weighted by molar-refractivity contribution is 0.0782. The molecular weight excluding hydrogens is 196 g/mol. The zero-order chi connectivity index (χ0) is 11.4. The summed E-state index contributed by atoms with van der Waals surface area (Å²) in [5.74, 6) is 0.0611. The van der Waals surface area contributed by atoms with Crippen LogP contribution in [-0.2, 0) is 4.74 Å². The molecule has 1 aliphatic heterocycles. The van der Waals surface area contributed by atoms with Crippen LogP contribution in [0.3, 0.4) is 0 Å². The highest BCUT2D eigenvalue weighted by Gasteiger charge is 2.27. The molecule has 86 valence electrons. The standard InChI is InChI=1S/C9H18N4O2/c1-3-15-9(14)12-4-5-13(8(10)11)7(2)6-12/h7H,3-6H2,1-2H3,(H3,10,11)/t7-/m0/s1. The summed E-state index contributed by atoms with van der Waals surface area (Å²) in [6.07, 6.45) is -0.285. The highest BCUT2D eigenvalue weighted by Crippen LogP contribution is 2.09. The number of nitrogens with two attached hydrogens (primary N) is 1. The van der Waals surface area contributed by atoms with Crippen LogP contribution in [0.25, 0.3) is 0 Å². The Morgan fingerprint density at radius 3 is 2.73 bits per heavy atom. The summed E-state index contributed by atoms with van der Waals surface area (Å²) in [5.41, 5.74) is 5.41. The first-order chi connectivity index (χ1) is 7.06. The molecule has 0 radical (unpaired) electrons. The lowest BCUT2D eigenvalue weighted by Gasteiger charge is -2.39. The van der Waals surface area contributed by atoms with Crippen molar-refractivity contribution in [1.29, 1.82) is 5.41 Å². The third-order valence-electron chi connectivity index (χ3n) is 2.46. The third-order valence-corrected chi connectivity index (χ3v) is 2.46. The van der Waals surface area contributed by atoms with E-state index in [0.29, 0.717) is 26.2 Å². The number of carbonyl (C=O) groups excluding carboxylic acids is 1. The van der Waals surface area contributed by atoms with Gasteiger partial charge < -0.3 is 20.3 Å². The van der Waals surface area contributed by atoms with Crippen LogP contribution in [0.15, 0.2) is 0 Å². The van der Waals surface area contributed by atoms with Gasteiger partial charge in [0, 0.05) is 25.7 Å². The average Bonchev–Trinajstić information content (AvgIpc) is 2.17. The minimum atomic E-state index is -0.285. The van der Waals surface area contributed by atoms with Gasteiger partial charge in [0.15, 0.2) is 5.96 Å². The molecule has 0 aromatic carbocycles. The van der Waals surface area contributed by atoms with Gasteiger partial charge in [-0.2, -0.15) is 0 Å². The second-order valence-electron chi connectivity index (χ2n) is 3.57. The summed E-state index contributed by atoms with van der Waals surface area (Å²) in [7, 11) is 0. The van der Waals surface area contributed by atoms with E-state index in [4.69, 9.17) is 15.9 Å². The molecule has 0 unspecified atom stereocenters. The average molecular weight is 214 g/mol. The van der Waals surface area contributed by atoms with Crippen LogP contribution in [0.2, 0.25) is 0 Å². The lowest BCUT2D eigenvalue weighted by Crippen LogP contribution is -2.57. The first-order valence-electron chi connectivity index (χ1n) is 5.08. The predicted molar refractivity (Wildman–Crippen MR) is 56.7 cm³/mol. The van der Waals surface area contributed by atoms with Gasteiger partial charge in [-0.1, -0.05) is 0 Å². The Hall–Kier alpha value is -1.46. The molecule has 0 aromatic heterocycles. The number of nitrogens with zero attached hydrogens (tertiary/aromatic N) is 2. The van der Waals surface area contributed by atoms with Crippen molar-refractivity contribution in [3.63, 3.8) is 0 Å². The SMILES string of the molecule is CCOC(=O)N1CCN(C(=N)N)[C@@H](C)C1. The van der Waals surface area contributed by atoms with E-state index in [-0.39, 0.29) is 18.1 Å².